The van der Waals surface area contributed by atoms with Gasteiger partial charge in [0.1, 0.15) is 0 Å². The number of nitrogens with one attached hydrogen (secondary N) is 1. The molecule has 1 amide bonds. The smallest absolute Gasteiger partial charge is 0.307 e. The van der Waals surface area contributed by atoms with E-state index in [1.54, 1.807) is 18.7 Å². The average molecular weight is 349 g/mol. The van der Waals surface area contributed by atoms with Crippen LogP contribution < -0.4 is 5.32 Å². The van der Waals surface area contributed by atoms with Gasteiger partial charge in [-0.3, -0.25) is 9.59 Å². The Morgan fingerprint density at radius 2 is 1.88 bits per heavy atom. The fraction of sp³-hybridized carbons (Fsp3) is 0.579. The molecular formula is C19H27NO3S. The fourth-order valence-electron chi connectivity index (χ4n) is 2.76. The second-order valence-electron chi connectivity index (χ2n) is 6.39. The van der Waals surface area contributed by atoms with E-state index in [0.29, 0.717) is 12.2 Å². The lowest BCUT2D eigenvalue weighted by atomic mass is 9.95. The minimum Gasteiger partial charge on any atom is -0.453 e. The quantitative estimate of drug-likeness (QED) is 0.600. The predicted molar refractivity (Wildman–Crippen MR) is 97.1 cm³/mol. The number of thioether (sulfide) groups is 1. The van der Waals surface area contributed by atoms with Crippen molar-refractivity contribution in [2.24, 2.45) is 0 Å². The van der Waals surface area contributed by atoms with Gasteiger partial charge in [0.25, 0.3) is 5.91 Å². The Morgan fingerprint density at radius 3 is 2.54 bits per heavy atom. The molecule has 132 valence electrons. The van der Waals surface area contributed by atoms with Crippen LogP contribution in [0.15, 0.2) is 29.2 Å². The van der Waals surface area contributed by atoms with Crippen LogP contribution >= 0.6 is 11.8 Å². The molecule has 0 aromatic heterocycles. The van der Waals surface area contributed by atoms with Crippen molar-refractivity contribution >= 4 is 23.6 Å². The zero-order chi connectivity index (χ0) is 17.4. The van der Waals surface area contributed by atoms with Crippen LogP contribution in [0.5, 0.6) is 0 Å². The van der Waals surface area contributed by atoms with E-state index in [1.807, 2.05) is 19.1 Å². The second-order valence-corrected chi connectivity index (χ2v) is 7.56. The number of ether oxygens (including phenoxy) is 1. The van der Waals surface area contributed by atoms with Gasteiger partial charge < -0.3 is 10.1 Å². The maximum atomic E-state index is 12.1. The number of amides is 1. The van der Waals surface area contributed by atoms with Crippen molar-refractivity contribution in [1.82, 2.24) is 5.32 Å². The fourth-order valence-corrected chi connectivity index (χ4v) is 3.59. The van der Waals surface area contributed by atoms with Gasteiger partial charge in [0.2, 0.25) is 0 Å². The number of aryl methyl sites for hydroxylation is 1. The number of carbonyl (C=O) groups is 2. The average Bonchev–Trinajstić information content (AvgIpc) is 2.57. The highest BCUT2D eigenvalue weighted by Gasteiger charge is 2.22. The summed E-state index contributed by atoms with van der Waals surface area (Å²) in [6.45, 7) is 3.69. The van der Waals surface area contributed by atoms with E-state index >= 15 is 0 Å². The topological polar surface area (TPSA) is 55.4 Å². The Hall–Kier alpha value is -1.49. The van der Waals surface area contributed by atoms with E-state index in [2.05, 4.69) is 17.4 Å². The molecule has 1 N–H and O–H groups in total. The molecule has 1 aromatic carbocycles. The standard InChI is InChI=1S/C19H27NO3S/c1-14-8-10-17(11-9-14)24-13-12-18(21)23-15(2)19(22)20-16-6-4-3-5-7-16/h8-11,15-16H,3-7,12-13H2,1-2H3,(H,20,22). The molecule has 5 heteroatoms. The summed E-state index contributed by atoms with van der Waals surface area (Å²) in [5.41, 5.74) is 1.22. The lowest BCUT2D eigenvalue weighted by molar-refractivity contribution is -0.154. The third kappa shape index (κ3) is 6.56. The molecule has 0 radical (unpaired) electrons. The van der Waals surface area contributed by atoms with Crippen molar-refractivity contribution in [1.29, 1.82) is 0 Å². The molecule has 24 heavy (non-hydrogen) atoms. The van der Waals surface area contributed by atoms with Crippen molar-refractivity contribution in [3.63, 3.8) is 0 Å². The monoisotopic (exact) mass is 349 g/mol. The third-order valence-electron chi connectivity index (χ3n) is 4.22. The number of benzene rings is 1. The molecule has 2 rings (SSSR count). The summed E-state index contributed by atoms with van der Waals surface area (Å²) in [6, 6.07) is 8.44. The molecule has 1 aromatic rings. The lowest BCUT2D eigenvalue weighted by Crippen LogP contribution is -2.42. The van der Waals surface area contributed by atoms with Crippen molar-refractivity contribution in [3.05, 3.63) is 29.8 Å². The van der Waals surface area contributed by atoms with Gasteiger partial charge in [0.15, 0.2) is 6.10 Å². The summed E-state index contributed by atoms with van der Waals surface area (Å²) >= 11 is 1.62. The maximum absolute atomic E-state index is 12.1. The second kappa shape index (κ2) is 9.72. The summed E-state index contributed by atoms with van der Waals surface area (Å²) in [4.78, 5) is 25.1. The molecule has 0 spiro atoms. The first kappa shape index (κ1) is 18.8. The van der Waals surface area contributed by atoms with Gasteiger partial charge in [0, 0.05) is 16.7 Å². The summed E-state index contributed by atoms with van der Waals surface area (Å²) in [5, 5.41) is 2.99. The van der Waals surface area contributed by atoms with E-state index in [9.17, 15) is 9.59 Å². The summed E-state index contributed by atoms with van der Waals surface area (Å²) in [7, 11) is 0. The van der Waals surface area contributed by atoms with Gasteiger partial charge in [0.05, 0.1) is 6.42 Å². The number of rotatable bonds is 7. The SMILES string of the molecule is Cc1ccc(SCCC(=O)OC(C)C(=O)NC2CCCCC2)cc1. The van der Waals surface area contributed by atoms with Gasteiger partial charge in [-0.1, -0.05) is 37.0 Å². The Labute approximate surface area is 148 Å². The van der Waals surface area contributed by atoms with E-state index in [4.69, 9.17) is 4.74 Å². The number of carbonyl (C=O) groups excluding carboxylic acids is 2. The van der Waals surface area contributed by atoms with Crippen LogP contribution in [0, 0.1) is 6.92 Å². The van der Waals surface area contributed by atoms with Gasteiger partial charge in [-0.2, -0.15) is 0 Å². The van der Waals surface area contributed by atoms with Crippen LogP contribution in [0.1, 0.15) is 51.0 Å². The number of hydrogen-bond donors (Lipinski definition) is 1. The minimum atomic E-state index is -0.719. The normalized spacial score (nSPS) is 16.4. The van der Waals surface area contributed by atoms with Crippen molar-refractivity contribution in [2.75, 3.05) is 5.75 Å². The van der Waals surface area contributed by atoms with E-state index in [0.717, 1.165) is 30.6 Å². The molecule has 0 saturated heterocycles. The molecule has 1 saturated carbocycles. The molecule has 1 atom stereocenters. The molecule has 1 aliphatic rings. The molecule has 0 aliphatic heterocycles. The van der Waals surface area contributed by atoms with Gasteiger partial charge >= 0.3 is 5.97 Å². The zero-order valence-corrected chi connectivity index (χ0v) is 15.4. The molecule has 1 unspecified atom stereocenters. The Balaban J connectivity index is 1.65. The van der Waals surface area contributed by atoms with Crippen molar-refractivity contribution in [3.8, 4) is 0 Å². The van der Waals surface area contributed by atoms with E-state index < -0.39 is 6.10 Å². The van der Waals surface area contributed by atoms with Gasteiger partial charge in [-0.25, -0.2) is 0 Å². The maximum Gasteiger partial charge on any atom is 0.307 e. The molecule has 1 aliphatic carbocycles. The summed E-state index contributed by atoms with van der Waals surface area (Å²) in [5.74, 6) is 0.154. The van der Waals surface area contributed by atoms with Crippen LogP contribution in [0.2, 0.25) is 0 Å². The first-order chi connectivity index (χ1) is 11.5. The Morgan fingerprint density at radius 1 is 1.21 bits per heavy atom. The van der Waals surface area contributed by atoms with Crippen LogP contribution in [0.25, 0.3) is 0 Å². The highest BCUT2D eigenvalue weighted by atomic mass is 32.2. The summed E-state index contributed by atoms with van der Waals surface area (Å²) < 4.78 is 5.25. The Bertz CT molecular complexity index is 538. The first-order valence-corrected chi connectivity index (χ1v) is 9.72. The zero-order valence-electron chi connectivity index (χ0n) is 14.5. The molecule has 0 heterocycles. The highest BCUT2D eigenvalue weighted by Crippen LogP contribution is 2.20. The number of hydrogen-bond acceptors (Lipinski definition) is 4. The number of esters is 1. The van der Waals surface area contributed by atoms with Gasteiger partial charge in [-0.15, -0.1) is 11.8 Å². The molecule has 0 bridgehead atoms. The van der Waals surface area contributed by atoms with Crippen LogP contribution in [0.3, 0.4) is 0 Å². The van der Waals surface area contributed by atoms with E-state index in [-0.39, 0.29) is 17.9 Å². The predicted octanol–water partition coefficient (Wildman–Crippen LogP) is 3.86. The van der Waals surface area contributed by atoms with Crippen LogP contribution in [0.4, 0.5) is 0 Å². The van der Waals surface area contributed by atoms with E-state index in [1.165, 1.54) is 12.0 Å². The Kier molecular flexibility index (Phi) is 7.63. The first-order valence-electron chi connectivity index (χ1n) is 8.74. The largest absolute Gasteiger partial charge is 0.453 e. The summed E-state index contributed by atoms with van der Waals surface area (Å²) in [6.07, 6.45) is 5.21. The molecule has 1 fully saturated rings. The van der Waals surface area contributed by atoms with Gasteiger partial charge in [-0.05, 0) is 38.8 Å². The lowest BCUT2D eigenvalue weighted by Gasteiger charge is -2.24. The van der Waals surface area contributed by atoms with Crippen LogP contribution in [-0.2, 0) is 14.3 Å². The minimum absolute atomic E-state index is 0.179. The highest BCUT2D eigenvalue weighted by molar-refractivity contribution is 7.99. The molecular weight excluding hydrogens is 322 g/mol. The van der Waals surface area contributed by atoms with Crippen molar-refractivity contribution in [2.45, 2.75) is 69.4 Å². The van der Waals surface area contributed by atoms with Crippen molar-refractivity contribution < 1.29 is 14.3 Å². The molecule has 4 nitrogen and oxygen atoms in total. The van der Waals surface area contributed by atoms with Crippen LogP contribution in [-0.4, -0.2) is 29.8 Å². The third-order valence-corrected chi connectivity index (χ3v) is 5.24.